The van der Waals surface area contributed by atoms with Crippen molar-refractivity contribution in [3.63, 3.8) is 0 Å². The quantitative estimate of drug-likeness (QED) is 0.534. The number of carbonyl (C=O) groups is 1. The number of piperidine rings is 2. The maximum absolute atomic E-state index is 11.5. The molecule has 3 aliphatic rings. The molecule has 2 bridgehead atoms. The van der Waals surface area contributed by atoms with Gasteiger partial charge in [-0.15, -0.1) is 0 Å². The van der Waals surface area contributed by atoms with Gasteiger partial charge in [-0.25, -0.2) is 0 Å². The van der Waals surface area contributed by atoms with E-state index in [-0.39, 0.29) is 5.91 Å². The lowest BCUT2D eigenvalue weighted by Crippen LogP contribution is -2.48. The lowest BCUT2D eigenvalue weighted by molar-refractivity contribution is -0.121. The van der Waals surface area contributed by atoms with Gasteiger partial charge < -0.3 is 25.8 Å². The van der Waals surface area contributed by atoms with Gasteiger partial charge in [0.25, 0.3) is 0 Å². The SMILES string of the molecule is CNC(=O)CC1CCN(CC(O)COc2ccc(CN3C[C@H]4CC[C@@H](C3)C4N)cc2)CC1. The molecular weight excluding hydrogens is 404 g/mol. The van der Waals surface area contributed by atoms with Crippen molar-refractivity contribution in [2.24, 2.45) is 23.5 Å². The summed E-state index contributed by atoms with van der Waals surface area (Å²) >= 11 is 0. The second-order valence-corrected chi connectivity index (χ2v) is 10.1. The van der Waals surface area contributed by atoms with Crippen molar-refractivity contribution >= 4 is 5.91 Å². The molecule has 1 aromatic carbocycles. The van der Waals surface area contributed by atoms with Gasteiger partial charge in [-0.1, -0.05) is 12.1 Å². The van der Waals surface area contributed by atoms with Gasteiger partial charge in [-0.3, -0.25) is 9.69 Å². The number of nitrogens with one attached hydrogen (secondary N) is 1. The second kappa shape index (κ2) is 11.0. The van der Waals surface area contributed by atoms with Crippen LogP contribution in [0.2, 0.25) is 0 Å². The maximum Gasteiger partial charge on any atom is 0.220 e. The minimum Gasteiger partial charge on any atom is -0.491 e. The summed E-state index contributed by atoms with van der Waals surface area (Å²) in [5.74, 6) is 2.71. The molecular formula is C25H40N4O3. The van der Waals surface area contributed by atoms with E-state index in [0.717, 1.165) is 51.3 Å². The maximum atomic E-state index is 11.5. The van der Waals surface area contributed by atoms with Crippen LogP contribution < -0.4 is 15.8 Å². The Kier molecular flexibility index (Phi) is 8.05. The van der Waals surface area contributed by atoms with Crippen molar-refractivity contribution in [2.45, 2.75) is 50.8 Å². The molecule has 32 heavy (non-hydrogen) atoms. The molecule has 7 heteroatoms. The second-order valence-electron chi connectivity index (χ2n) is 10.1. The minimum absolute atomic E-state index is 0.120. The molecule has 2 heterocycles. The smallest absolute Gasteiger partial charge is 0.220 e. The molecule has 1 aliphatic carbocycles. The van der Waals surface area contributed by atoms with Gasteiger partial charge in [0.1, 0.15) is 18.5 Å². The van der Waals surface area contributed by atoms with Crippen LogP contribution in [0.25, 0.3) is 0 Å². The Balaban J connectivity index is 1.14. The van der Waals surface area contributed by atoms with Crippen molar-refractivity contribution in [1.29, 1.82) is 0 Å². The fraction of sp³-hybridized carbons (Fsp3) is 0.720. The predicted molar refractivity (Wildman–Crippen MR) is 125 cm³/mol. The van der Waals surface area contributed by atoms with E-state index >= 15 is 0 Å². The zero-order chi connectivity index (χ0) is 22.5. The van der Waals surface area contributed by atoms with Crippen LogP contribution in [0.3, 0.4) is 0 Å². The molecule has 178 valence electrons. The zero-order valence-corrected chi connectivity index (χ0v) is 19.4. The Morgan fingerprint density at radius 2 is 1.78 bits per heavy atom. The average Bonchev–Trinajstić information content (AvgIpc) is 3.00. The first-order chi connectivity index (χ1) is 15.5. The number of ether oxygens (including phenoxy) is 1. The van der Waals surface area contributed by atoms with E-state index in [9.17, 15) is 9.90 Å². The number of aliphatic hydroxyl groups excluding tert-OH is 1. The monoisotopic (exact) mass is 444 g/mol. The summed E-state index contributed by atoms with van der Waals surface area (Å²) in [4.78, 5) is 16.3. The molecule has 0 aromatic heterocycles. The number of likely N-dealkylation sites (tertiary alicyclic amines) is 2. The number of benzene rings is 1. The first kappa shape index (κ1) is 23.5. The third kappa shape index (κ3) is 6.22. The van der Waals surface area contributed by atoms with E-state index in [1.807, 2.05) is 12.1 Å². The molecule has 4 atom stereocenters. The fourth-order valence-electron chi connectivity index (χ4n) is 5.72. The molecule has 1 saturated carbocycles. The molecule has 1 aromatic rings. The highest BCUT2D eigenvalue weighted by molar-refractivity contribution is 5.75. The van der Waals surface area contributed by atoms with Gasteiger partial charge in [0.05, 0.1) is 0 Å². The van der Waals surface area contributed by atoms with Gasteiger partial charge in [-0.2, -0.15) is 0 Å². The lowest BCUT2D eigenvalue weighted by Gasteiger charge is -2.36. The van der Waals surface area contributed by atoms with Crippen LogP contribution in [0.1, 0.15) is 37.7 Å². The van der Waals surface area contributed by atoms with Crippen LogP contribution in [0, 0.1) is 17.8 Å². The highest BCUT2D eigenvalue weighted by Crippen LogP contribution is 2.36. The number of carbonyl (C=O) groups excluding carboxylic acids is 1. The summed E-state index contributed by atoms with van der Waals surface area (Å²) in [7, 11) is 1.69. The van der Waals surface area contributed by atoms with Crippen molar-refractivity contribution in [2.75, 3.05) is 46.4 Å². The normalized spacial score (nSPS) is 27.9. The number of rotatable bonds is 9. The van der Waals surface area contributed by atoms with Crippen LogP contribution in [0.15, 0.2) is 24.3 Å². The first-order valence-electron chi connectivity index (χ1n) is 12.3. The largest absolute Gasteiger partial charge is 0.491 e. The number of nitrogens with zero attached hydrogens (tertiary/aromatic N) is 2. The summed E-state index contributed by atoms with van der Waals surface area (Å²) in [6.07, 6.45) is 4.67. The highest BCUT2D eigenvalue weighted by Gasteiger charge is 2.39. The predicted octanol–water partition coefficient (Wildman–Crippen LogP) is 1.44. The number of aliphatic hydroxyl groups is 1. The minimum atomic E-state index is -0.516. The Labute approximate surface area is 192 Å². The van der Waals surface area contributed by atoms with Crippen LogP contribution >= 0.6 is 0 Å². The number of amides is 1. The molecule has 3 fully saturated rings. The van der Waals surface area contributed by atoms with E-state index in [2.05, 4.69) is 27.2 Å². The summed E-state index contributed by atoms with van der Waals surface area (Å²) in [6.45, 7) is 5.97. The van der Waals surface area contributed by atoms with Crippen molar-refractivity contribution < 1.29 is 14.6 Å². The van der Waals surface area contributed by atoms with Crippen LogP contribution in [-0.4, -0.2) is 79.3 Å². The third-order valence-electron chi connectivity index (χ3n) is 7.68. The van der Waals surface area contributed by atoms with Gasteiger partial charge in [-0.05, 0) is 74.2 Å². The average molecular weight is 445 g/mol. The Morgan fingerprint density at radius 3 is 2.41 bits per heavy atom. The molecule has 0 spiro atoms. The molecule has 4 rings (SSSR count). The van der Waals surface area contributed by atoms with Crippen LogP contribution in [0.5, 0.6) is 5.75 Å². The number of fused-ring (bicyclic) bond motifs is 2. The Morgan fingerprint density at radius 1 is 1.12 bits per heavy atom. The molecule has 2 unspecified atom stereocenters. The number of β-amino-alcohol motifs (C(OH)–C–C–N with tert-alkyl or cyclic N) is 1. The summed E-state index contributed by atoms with van der Waals surface area (Å²) in [6, 6.07) is 8.69. The topological polar surface area (TPSA) is 91.1 Å². The van der Waals surface area contributed by atoms with Gasteiger partial charge in [0, 0.05) is 45.7 Å². The fourth-order valence-corrected chi connectivity index (χ4v) is 5.72. The van der Waals surface area contributed by atoms with E-state index in [1.165, 1.54) is 18.4 Å². The van der Waals surface area contributed by atoms with Crippen LogP contribution in [0.4, 0.5) is 0 Å². The van der Waals surface area contributed by atoms with E-state index in [0.29, 0.717) is 43.4 Å². The van der Waals surface area contributed by atoms with Crippen molar-refractivity contribution in [3.05, 3.63) is 29.8 Å². The molecule has 2 aliphatic heterocycles. The van der Waals surface area contributed by atoms with E-state index in [1.54, 1.807) is 7.05 Å². The first-order valence-corrected chi connectivity index (χ1v) is 12.3. The number of hydrogen-bond donors (Lipinski definition) is 3. The number of nitrogens with two attached hydrogens (primary N) is 1. The summed E-state index contributed by atoms with van der Waals surface area (Å²) in [5, 5.41) is 13.1. The van der Waals surface area contributed by atoms with Gasteiger partial charge in [0.2, 0.25) is 5.91 Å². The number of hydrogen-bond acceptors (Lipinski definition) is 6. The standard InChI is InChI=1S/C25H40N4O3/c1-27-24(31)12-18-8-10-28(11-9-18)16-22(30)17-32-23-6-2-19(3-7-23)13-29-14-20-4-5-21(15-29)25(20)26/h2-3,6-7,18,20-22,25,30H,4-5,8-17,26H2,1H3,(H,27,31)/t20-,21+,22?,25?. The Hall–Kier alpha value is -1.67. The molecule has 1 amide bonds. The molecule has 4 N–H and O–H groups in total. The summed E-state index contributed by atoms with van der Waals surface area (Å²) < 4.78 is 5.84. The molecule has 7 nitrogen and oxygen atoms in total. The third-order valence-corrected chi connectivity index (χ3v) is 7.68. The molecule has 2 saturated heterocycles. The van der Waals surface area contributed by atoms with Crippen LogP contribution in [-0.2, 0) is 11.3 Å². The van der Waals surface area contributed by atoms with Crippen molar-refractivity contribution in [3.8, 4) is 5.75 Å². The van der Waals surface area contributed by atoms with Gasteiger partial charge in [0.15, 0.2) is 0 Å². The summed E-state index contributed by atoms with van der Waals surface area (Å²) in [5.41, 5.74) is 7.62. The molecule has 0 radical (unpaired) electrons. The van der Waals surface area contributed by atoms with Gasteiger partial charge >= 0.3 is 0 Å². The van der Waals surface area contributed by atoms with Crippen molar-refractivity contribution in [1.82, 2.24) is 15.1 Å². The lowest BCUT2D eigenvalue weighted by atomic mass is 9.93. The zero-order valence-electron chi connectivity index (χ0n) is 19.4. The Bertz CT molecular complexity index is 721. The highest BCUT2D eigenvalue weighted by atomic mass is 16.5. The van der Waals surface area contributed by atoms with E-state index in [4.69, 9.17) is 10.5 Å². The van der Waals surface area contributed by atoms with E-state index < -0.39 is 6.10 Å².